The summed E-state index contributed by atoms with van der Waals surface area (Å²) in [5.41, 5.74) is 4.11. The third-order valence-electron chi connectivity index (χ3n) is 3.62. The average molecular weight is 249 g/mol. The van der Waals surface area contributed by atoms with Crippen LogP contribution in [0.2, 0.25) is 0 Å². The Morgan fingerprint density at radius 1 is 1.11 bits per heavy atom. The van der Waals surface area contributed by atoms with E-state index in [0.29, 0.717) is 11.8 Å². The third-order valence-corrected chi connectivity index (χ3v) is 3.62. The minimum atomic E-state index is 0.599. The Kier molecular flexibility index (Phi) is 7.73. The lowest BCUT2D eigenvalue weighted by atomic mass is 9.97. The Hall–Kier alpha value is -0.980. The van der Waals surface area contributed by atoms with Gasteiger partial charge in [-0.2, -0.15) is 0 Å². The summed E-state index contributed by atoms with van der Waals surface area (Å²) in [5.74, 6) is 1.24. The van der Waals surface area contributed by atoms with Gasteiger partial charge in [0.2, 0.25) is 0 Å². The molecule has 0 N–H and O–H groups in total. The summed E-state index contributed by atoms with van der Waals surface area (Å²) in [4.78, 5) is 2.17. The van der Waals surface area contributed by atoms with Gasteiger partial charge in [0.05, 0.1) is 0 Å². The molecule has 0 aromatic carbocycles. The highest BCUT2D eigenvalue weighted by atomic mass is 15.1. The van der Waals surface area contributed by atoms with Crippen molar-refractivity contribution in [2.24, 2.45) is 11.8 Å². The fourth-order valence-electron chi connectivity index (χ4n) is 1.78. The molecule has 0 unspecified atom stereocenters. The van der Waals surface area contributed by atoms with Gasteiger partial charge in [-0.3, -0.25) is 0 Å². The Morgan fingerprint density at radius 3 is 2.06 bits per heavy atom. The summed E-state index contributed by atoms with van der Waals surface area (Å²) in [6.07, 6.45) is 6.60. The second kappa shape index (κ2) is 8.18. The van der Waals surface area contributed by atoms with Crippen molar-refractivity contribution >= 4 is 0 Å². The predicted octanol–water partition coefficient (Wildman–Crippen LogP) is 5.37. The quantitative estimate of drug-likeness (QED) is 0.548. The highest BCUT2D eigenvalue weighted by Gasteiger charge is 2.06. The second-order valence-electron chi connectivity index (χ2n) is 5.72. The van der Waals surface area contributed by atoms with Gasteiger partial charge in [-0.05, 0) is 38.5 Å². The first-order chi connectivity index (χ1) is 8.29. The van der Waals surface area contributed by atoms with Gasteiger partial charge < -0.3 is 4.90 Å². The fraction of sp³-hybridized carbons (Fsp3) is 0.647. The van der Waals surface area contributed by atoms with Gasteiger partial charge in [0.25, 0.3) is 0 Å². The number of allylic oxidation sites excluding steroid dienone is 4. The lowest BCUT2D eigenvalue weighted by Crippen LogP contribution is -2.11. The molecule has 0 aliphatic heterocycles. The molecular formula is C17H31N. The molecule has 0 radical (unpaired) electrons. The fourth-order valence-corrected chi connectivity index (χ4v) is 1.78. The molecule has 0 heterocycles. The maximum Gasteiger partial charge on any atom is 0.0109 e. The number of hydrogen-bond acceptors (Lipinski definition) is 1. The first kappa shape index (κ1) is 17.0. The van der Waals surface area contributed by atoms with Gasteiger partial charge in [-0.15, -0.1) is 0 Å². The van der Waals surface area contributed by atoms with Crippen LogP contribution in [0.25, 0.3) is 0 Å². The molecule has 0 spiro atoms. The van der Waals surface area contributed by atoms with Crippen LogP contribution in [-0.4, -0.2) is 11.9 Å². The van der Waals surface area contributed by atoms with E-state index in [2.05, 4.69) is 72.3 Å². The van der Waals surface area contributed by atoms with E-state index >= 15 is 0 Å². The van der Waals surface area contributed by atoms with Crippen LogP contribution in [0.3, 0.4) is 0 Å². The van der Waals surface area contributed by atoms with Crippen LogP contribution in [0.4, 0.5) is 0 Å². The topological polar surface area (TPSA) is 3.24 Å². The van der Waals surface area contributed by atoms with Crippen LogP contribution in [0.15, 0.2) is 35.7 Å². The predicted molar refractivity (Wildman–Crippen MR) is 83.3 cm³/mol. The third kappa shape index (κ3) is 6.09. The highest BCUT2D eigenvalue weighted by molar-refractivity contribution is 5.10. The lowest BCUT2D eigenvalue weighted by molar-refractivity contribution is 0.521. The van der Waals surface area contributed by atoms with Crippen molar-refractivity contribution < 1.29 is 0 Å². The van der Waals surface area contributed by atoms with Gasteiger partial charge in [-0.25, -0.2) is 0 Å². The Morgan fingerprint density at radius 2 is 1.67 bits per heavy atom. The molecule has 0 rings (SSSR count). The van der Waals surface area contributed by atoms with E-state index in [0.717, 1.165) is 12.8 Å². The monoisotopic (exact) mass is 249 g/mol. The molecule has 0 saturated carbocycles. The van der Waals surface area contributed by atoms with Crippen molar-refractivity contribution in [3.63, 3.8) is 0 Å². The molecule has 0 aromatic heterocycles. The maximum absolute atomic E-state index is 4.19. The zero-order chi connectivity index (χ0) is 14.3. The maximum atomic E-state index is 4.19. The minimum absolute atomic E-state index is 0.599. The van der Waals surface area contributed by atoms with Gasteiger partial charge >= 0.3 is 0 Å². The summed E-state index contributed by atoms with van der Waals surface area (Å²) in [6.45, 7) is 17.4. The van der Waals surface area contributed by atoms with E-state index in [1.54, 1.807) is 0 Å². The second-order valence-corrected chi connectivity index (χ2v) is 5.72. The molecular weight excluding hydrogens is 218 g/mol. The van der Waals surface area contributed by atoms with Crippen LogP contribution in [0.5, 0.6) is 0 Å². The molecule has 0 atom stereocenters. The molecule has 1 heteroatoms. The van der Waals surface area contributed by atoms with Crippen molar-refractivity contribution in [2.75, 3.05) is 7.05 Å². The van der Waals surface area contributed by atoms with E-state index in [1.165, 1.54) is 16.8 Å². The van der Waals surface area contributed by atoms with Crippen LogP contribution in [0.1, 0.15) is 54.4 Å². The molecule has 0 fully saturated rings. The number of hydrogen-bond donors (Lipinski definition) is 0. The standard InChI is InChI=1S/C17H31N/c1-9-17(14(4)5)11-10-16(7)18(8)12-15(6)13(2)3/h9,12-14H,7,10-11H2,1-6,8H3/b15-12+,17-9+. The number of rotatable bonds is 7. The van der Waals surface area contributed by atoms with Crippen molar-refractivity contribution in [1.29, 1.82) is 0 Å². The molecule has 104 valence electrons. The molecule has 0 aromatic rings. The smallest absolute Gasteiger partial charge is 0.0109 e. The normalized spacial score (nSPS) is 13.4. The molecule has 0 aliphatic carbocycles. The van der Waals surface area contributed by atoms with Crippen molar-refractivity contribution in [2.45, 2.75) is 54.4 Å². The van der Waals surface area contributed by atoms with E-state index in [9.17, 15) is 0 Å². The Labute approximate surface area is 114 Å². The summed E-state index contributed by atoms with van der Waals surface area (Å²) in [5, 5.41) is 0. The van der Waals surface area contributed by atoms with Crippen molar-refractivity contribution in [3.05, 3.63) is 35.7 Å². The molecule has 0 bridgehead atoms. The molecule has 0 aliphatic rings. The van der Waals surface area contributed by atoms with Crippen molar-refractivity contribution in [1.82, 2.24) is 4.90 Å². The van der Waals surface area contributed by atoms with E-state index < -0.39 is 0 Å². The van der Waals surface area contributed by atoms with E-state index in [4.69, 9.17) is 0 Å². The first-order valence-electron chi connectivity index (χ1n) is 7.03. The SMILES string of the molecule is C=C(CC/C(=C\C)C(C)C)N(C)/C=C(\C)C(C)C. The molecule has 0 amide bonds. The van der Waals surface area contributed by atoms with Crippen molar-refractivity contribution in [3.8, 4) is 0 Å². The van der Waals surface area contributed by atoms with Crippen LogP contribution < -0.4 is 0 Å². The zero-order valence-corrected chi connectivity index (χ0v) is 13.4. The van der Waals surface area contributed by atoms with Crippen LogP contribution >= 0.6 is 0 Å². The summed E-state index contributed by atoms with van der Waals surface area (Å²) < 4.78 is 0. The minimum Gasteiger partial charge on any atom is -0.355 e. The highest BCUT2D eigenvalue weighted by Crippen LogP contribution is 2.20. The first-order valence-corrected chi connectivity index (χ1v) is 7.03. The Bertz CT molecular complexity index is 319. The lowest BCUT2D eigenvalue weighted by Gasteiger charge is -2.21. The summed E-state index contributed by atoms with van der Waals surface area (Å²) in [6, 6.07) is 0. The van der Waals surface area contributed by atoms with E-state index in [-0.39, 0.29) is 0 Å². The Balaban J connectivity index is 4.39. The average Bonchev–Trinajstić information content (AvgIpc) is 2.28. The molecule has 18 heavy (non-hydrogen) atoms. The molecule has 0 saturated heterocycles. The van der Waals surface area contributed by atoms with Gasteiger partial charge in [0.1, 0.15) is 0 Å². The van der Waals surface area contributed by atoms with Gasteiger partial charge in [0.15, 0.2) is 0 Å². The van der Waals surface area contributed by atoms with Crippen LogP contribution in [-0.2, 0) is 0 Å². The van der Waals surface area contributed by atoms with Gasteiger partial charge in [0, 0.05) is 18.9 Å². The largest absolute Gasteiger partial charge is 0.355 e. The molecule has 1 nitrogen and oxygen atoms in total. The van der Waals surface area contributed by atoms with Gasteiger partial charge in [-0.1, -0.05) is 51.5 Å². The van der Waals surface area contributed by atoms with Crippen LogP contribution in [0, 0.1) is 11.8 Å². The zero-order valence-electron chi connectivity index (χ0n) is 13.4. The summed E-state index contributed by atoms with van der Waals surface area (Å²) in [7, 11) is 2.10. The summed E-state index contributed by atoms with van der Waals surface area (Å²) >= 11 is 0. The van der Waals surface area contributed by atoms with E-state index in [1.807, 2.05) is 0 Å². The number of nitrogens with zero attached hydrogens (tertiary/aromatic N) is 1.